The SMILES string of the molecule is CCn1cc2ncc(N[C@@H](C)c3cc(NC(=O)Cc4ccc(C(C)(C)O)cn4)ccc3F)nc2n1. The average molecular weight is 478 g/mol. The summed E-state index contributed by atoms with van der Waals surface area (Å²) >= 11 is 0. The Morgan fingerprint density at radius 2 is 2.00 bits per heavy atom. The fourth-order valence-corrected chi connectivity index (χ4v) is 3.59. The number of aromatic nitrogens is 5. The van der Waals surface area contributed by atoms with Gasteiger partial charge in [0.25, 0.3) is 0 Å². The maximum atomic E-state index is 14.6. The molecule has 1 atom stereocenters. The molecule has 0 saturated heterocycles. The Balaban J connectivity index is 1.43. The molecule has 4 aromatic rings. The highest BCUT2D eigenvalue weighted by molar-refractivity contribution is 5.92. The van der Waals surface area contributed by atoms with Crippen LogP contribution in [-0.4, -0.2) is 35.7 Å². The largest absolute Gasteiger partial charge is 0.386 e. The van der Waals surface area contributed by atoms with Gasteiger partial charge >= 0.3 is 0 Å². The van der Waals surface area contributed by atoms with Gasteiger partial charge in [-0.3, -0.25) is 14.5 Å². The molecular formula is C25H28FN7O2. The van der Waals surface area contributed by atoms with E-state index in [1.807, 2.05) is 13.1 Å². The summed E-state index contributed by atoms with van der Waals surface area (Å²) < 4.78 is 16.4. The molecule has 4 rings (SSSR count). The minimum Gasteiger partial charge on any atom is -0.386 e. The number of fused-ring (bicyclic) bond motifs is 1. The molecule has 3 N–H and O–H groups in total. The zero-order valence-electron chi connectivity index (χ0n) is 20.1. The van der Waals surface area contributed by atoms with Crippen LogP contribution in [0.25, 0.3) is 11.2 Å². The maximum Gasteiger partial charge on any atom is 0.230 e. The summed E-state index contributed by atoms with van der Waals surface area (Å²) in [6, 6.07) is 7.42. The van der Waals surface area contributed by atoms with Crippen molar-refractivity contribution in [1.29, 1.82) is 0 Å². The number of amides is 1. The van der Waals surface area contributed by atoms with E-state index in [1.165, 1.54) is 12.1 Å². The Hall–Kier alpha value is -3.92. The average Bonchev–Trinajstić information content (AvgIpc) is 3.22. The molecule has 3 heterocycles. The molecule has 0 spiro atoms. The molecule has 0 unspecified atom stereocenters. The molecular weight excluding hydrogens is 449 g/mol. The number of nitrogens with one attached hydrogen (secondary N) is 2. The molecule has 0 fully saturated rings. The van der Waals surface area contributed by atoms with E-state index in [4.69, 9.17) is 0 Å². The zero-order chi connectivity index (χ0) is 25.2. The number of hydrogen-bond donors (Lipinski definition) is 3. The number of pyridine rings is 1. The summed E-state index contributed by atoms with van der Waals surface area (Å²) in [6.45, 7) is 7.83. The van der Waals surface area contributed by atoms with Gasteiger partial charge in [0.15, 0.2) is 0 Å². The highest BCUT2D eigenvalue weighted by Crippen LogP contribution is 2.25. The van der Waals surface area contributed by atoms with Gasteiger partial charge in [0.1, 0.15) is 17.2 Å². The Morgan fingerprint density at radius 3 is 2.69 bits per heavy atom. The predicted octanol–water partition coefficient (Wildman–Crippen LogP) is 3.96. The van der Waals surface area contributed by atoms with Gasteiger partial charge in [-0.25, -0.2) is 14.4 Å². The van der Waals surface area contributed by atoms with Crippen LogP contribution in [0.4, 0.5) is 15.9 Å². The van der Waals surface area contributed by atoms with Gasteiger partial charge in [0.2, 0.25) is 11.6 Å². The van der Waals surface area contributed by atoms with E-state index in [0.717, 1.165) is 0 Å². The van der Waals surface area contributed by atoms with Gasteiger partial charge < -0.3 is 15.7 Å². The first kappa shape index (κ1) is 24.2. The predicted molar refractivity (Wildman–Crippen MR) is 131 cm³/mol. The number of aliphatic hydroxyl groups is 1. The Kier molecular flexibility index (Phi) is 6.74. The first-order valence-corrected chi connectivity index (χ1v) is 11.4. The summed E-state index contributed by atoms with van der Waals surface area (Å²) in [4.78, 5) is 25.6. The fourth-order valence-electron chi connectivity index (χ4n) is 3.59. The molecule has 0 aliphatic heterocycles. The van der Waals surface area contributed by atoms with Gasteiger partial charge in [0, 0.05) is 35.2 Å². The number of carbonyl (C=O) groups excluding carboxylic acids is 1. The molecule has 1 amide bonds. The number of rotatable bonds is 8. The van der Waals surface area contributed by atoms with Crippen molar-refractivity contribution < 1.29 is 14.3 Å². The summed E-state index contributed by atoms with van der Waals surface area (Å²) in [5.74, 6) is -0.216. The summed E-state index contributed by atoms with van der Waals surface area (Å²) in [5.41, 5.74) is 2.26. The number of nitrogens with zero attached hydrogens (tertiary/aromatic N) is 5. The normalized spacial score (nSPS) is 12.5. The van der Waals surface area contributed by atoms with E-state index in [-0.39, 0.29) is 12.3 Å². The van der Waals surface area contributed by atoms with E-state index in [1.54, 1.807) is 56.0 Å². The van der Waals surface area contributed by atoms with Gasteiger partial charge in [-0.2, -0.15) is 5.10 Å². The molecule has 9 nitrogen and oxygen atoms in total. The van der Waals surface area contributed by atoms with Crippen LogP contribution in [0.15, 0.2) is 48.9 Å². The van der Waals surface area contributed by atoms with Crippen molar-refractivity contribution in [3.63, 3.8) is 0 Å². The summed E-state index contributed by atoms with van der Waals surface area (Å²) in [7, 11) is 0. The third kappa shape index (κ3) is 5.78. The molecule has 0 bridgehead atoms. The van der Waals surface area contributed by atoms with E-state index < -0.39 is 17.5 Å². The molecule has 0 aliphatic carbocycles. The van der Waals surface area contributed by atoms with E-state index in [0.29, 0.717) is 46.0 Å². The number of carbonyl (C=O) groups is 1. The quantitative estimate of drug-likeness (QED) is 0.352. The number of hydrogen-bond acceptors (Lipinski definition) is 7. The molecule has 35 heavy (non-hydrogen) atoms. The van der Waals surface area contributed by atoms with Crippen molar-refractivity contribution in [3.8, 4) is 0 Å². The van der Waals surface area contributed by atoms with Gasteiger partial charge in [-0.1, -0.05) is 6.07 Å². The fraction of sp³-hybridized carbons (Fsp3) is 0.320. The number of halogens is 1. The van der Waals surface area contributed by atoms with Crippen molar-refractivity contribution in [1.82, 2.24) is 24.7 Å². The first-order valence-electron chi connectivity index (χ1n) is 11.4. The Bertz CT molecular complexity index is 1350. The van der Waals surface area contributed by atoms with Crippen molar-refractivity contribution in [3.05, 3.63) is 71.6 Å². The Morgan fingerprint density at radius 1 is 1.20 bits per heavy atom. The van der Waals surface area contributed by atoms with Crippen molar-refractivity contribution in [2.75, 3.05) is 10.6 Å². The first-order chi connectivity index (χ1) is 16.6. The molecule has 3 aromatic heterocycles. The van der Waals surface area contributed by atoms with Crippen LogP contribution in [0, 0.1) is 5.82 Å². The van der Waals surface area contributed by atoms with Gasteiger partial charge in [0.05, 0.1) is 30.5 Å². The second-order valence-corrected chi connectivity index (χ2v) is 8.87. The molecule has 0 radical (unpaired) electrons. The summed E-state index contributed by atoms with van der Waals surface area (Å²) in [6.07, 6.45) is 5.00. The minimum atomic E-state index is -1.00. The number of benzene rings is 1. The smallest absolute Gasteiger partial charge is 0.230 e. The van der Waals surface area contributed by atoms with E-state index in [2.05, 4.69) is 30.7 Å². The highest BCUT2D eigenvalue weighted by atomic mass is 19.1. The van der Waals surface area contributed by atoms with Crippen LogP contribution in [0.3, 0.4) is 0 Å². The number of aryl methyl sites for hydroxylation is 1. The lowest BCUT2D eigenvalue weighted by Gasteiger charge is -2.17. The maximum absolute atomic E-state index is 14.6. The third-order valence-electron chi connectivity index (χ3n) is 5.58. The lowest BCUT2D eigenvalue weighted by Crippen LogP contribution is -2.18. The monoisotopic (exact) mass is 477 g/mol. The van der Waals surface area contributed by atoms with Crippen LogP contribution in [-0.2, 0) is 23.4 Å². The zero-order valence-corrected chi connectivity index (χ0v) is 20.1. The van der Waals surface area contributed by atoms with E-state index >= 15 is 0 Å². The molecule has 182 valence electrons. The molecule has 10 heteroatoms. The standard InChI is InChI=1S/C25H28FN7O2/c1-5-33-14-21-24(32-33)31-22(13-28-21)29-15(2)19-10-18(8-9-20(19)26)30-23(34)11-17-7-6-16(12-27-17)25(3,4)35/h6-10,12-15,35H,5,11H2,1-4H3,(H,30,34)(H,29,31,32)/t15-/m0/s1. The second kappa shape index (κ2) is 9.75. The topological polar surface area (TPSA) is 118 Å². The highest BCUT2D eigenvalue weighted by Gasteiger charge is 2.17. The minimum absolute atomic E-state index is 0.0483. The van der Waals surface area contributed by atoms with Gasteiger partial charge in [-0.05, 0) is 52.0 Å². The molecule has 1 aromatic carbocycles. The van der Waals surface area contributed by atoms with E-state index in [9.17, 15) is 14.3 Å². The van der Waals surface area contributed by atoms with Gasteiger partial charge in [-0.15, -0.1) is 0 Å². The lowest BCUT2D eigenvalue weighted by molar-refractivity contribution is -0.115. The van der Waals surface area contributed by atoms with Crippen molar-refractivity contribution >= 4 is 28.6 Å². The molecule has 0 aliphatic rings. The third-order valence-corrected chi connectivity index (χ3v) is 5.58. The van der Waals surface area contributed by atoms with Crippen LogP contribution >= 0.6 is 0 Å². The van der Waals surface area contributed by atoms with Crippen LogP contribution in [0.1, 0.15) is 50.6 Å². The Labute approximate surface area is 202 Å². The lowest BCUT2D eigenvalue weighted by atomic mass is 10.0. The van der Waals surface area contributed by atoms with Crippen LogP contribution < -0.4 is 10.6 Å². The molecule has 0 saturated carbocycles. The van der Waals surface area contributed by atoms with Crippen molar-refractivity contribution in [2.45, 2.75) is 52.3 Å². The van der Waals surface area contributed by atoms with Crippen LogP contribution in [0.2, 0.25) is 0 Å². The second-order valence-electron chi connectivity index (χ2n) is 8.87. The summed E-state index contributed by atoms with van der Waals surface area (Å²) in [5, 5.41) is 20.3. The number of anilines is 2. The van der Waals surface area contributed by atoms with Crippen molar-refractivity contribution in [2.24, 2.45) is 0 Å². The van der Waals surface area contributed by atoms with Crippen LogP contribution in [0.5, 0.6) is 0 Å².